The fourth-order valence-corrected chi connectivity index (χ4v) is 0.717. The van der Waals surface area contributed by atoms with Crippen molar-refractivity contribution < 1.29 is 10.2 Å². The summed E-state index contributed by atoms with van der Waals surface area (Å²) in [7, 11) is 0. The van der Waals surface area contributed by atoms with Crippen LogP contribution >= 0.6 is 0 Å². The zero-order chi connectivity index (χ0) is 7.98. The first-order valence-corrected chi connectivity index (χ1v) is 3.72. The monoisotopic (exact) mass is 147 g/mol. The molecule has 62 valence electrons. The number of hydrogen-bond acceptors (Lipinski definition) is 3. The third-order valence-electron chi connectivity index (χ3n) is 1.57. The normalized spacial score (nSPS) is 16.8. The zero-order valence-corrected chi connectivity index (χ0v) is 6.67. The van der Waals surface area contributed by atoms with Gasteiger partial charge in [0.15, 0.2) is 0 Å². The van der Waals surface area contributed by atoms with Gasteiger partial charge in [-0.15, -0.1) is 0 Å². The van der Waals surface area contributed by atoms with Crippen molar-refractivity contribution >= 4 is 0 Å². The van der Waals surface area contributed by atoms with Gasteiger partial charge in [-0.3, -0.25) is 0 Å². The van der Waals surface area contributed by atoms with E-state index in [4.69, 9.17) is 10.2 Å². The van der Waals surface area contributed by atoms with Crippen LogP contribution in [0.3, 0.4) is 0 Å². The Morgan fingerprint density at radius 2 is 2.10 bits per heavy atom. The van der Waals surface area contributed by atoms with Crippen LogP contribution in [0.1, 0.15) is 13.8 Å². The third-order valence-corrected chi connectivity index (χ3v) is 1.57. The van der Waals surface area contributed by atoms with Crippen LogP contribution in [0.5, 0.6) is 0 Å². The summed E-state index contributed by atoms with van der Waals surface area (Å²) in [6.45, 7) is 5.30. The summed E-state index contributed by atoms with van der Waals surface area (Å²) in [5.41, 5.74) is 0. The smallest absolute Gasteiger partial charge is 0.0574 e. The molecule has 3 nitrogen and oxygen atoms in total. The van der Waals surface area contributed by atoms with Crippen molar-refractivity contribution in [2.75, 3.05) is 19.7 Å². The SMILES string of the molecule is CCNCC(CO)C(C)O. The van der Waals surface area contributed by atoms with Gasteiger partial charge >= 0.3 is 0 Å². The molecule has 0 radical (unpaired) electrons. The highest BCUT2D eigenvalue weighted by Gasteiger charge is 2.11. The van der Waals surface area contributed by atoms with Gasteiger partial charge in [-0.2, -0.15) is 0 Å². The molecule has 0 spiro atoms. The molecule has 0 fully saturated rings. The van der Waals surface area contributed by atoms with Crippen LogP contribution in [-0.4, -0.2) is 36.0 Å². The number of hydrogen-bond donors (Lipinski definition) is 3. The summed E-state index contributed by atoms with van der Waals surface area (Å²) >= 11 is 0. The van der Waals surface area contributed by atoms with Crippen molar-refractivity contribution in [3.8, 4) is 0 Å². The average molecular weight is 147 g/mol. The first kappa shape index (κ1) is 9.88. The number of nitrogens with one attached hydrogen (secondary N) is 1. The predicted molar refractivity (Wildman–Crippen MR) is 40.8 cm³/mol. The Balaban J connectivity index is 3.40. The van der Waals surface area contributed by atoms with Crippen molar-refractivity contribution in [1.82, 2.24) is 5.32 Å². The summed E-state index contributed by atoms with van der Waals surface area (Å²) in [6, 6.07) is 0. The van der Waals surface area contributed by atoms with E-state index in [9.17, 15) is 0 Å². The maximum Gasteiger partial charge on any atom is 0.0574 e. The van der Waals surface area contributed by atoms with E-state index in [1.54, 1.807) is 6.92 Å². The Bertz CT molecular complexity index is 76.0. The van der Waals surface area contributed by atoms with Crippen molar-refractivity contribution in [3.63, 3.8) is 0 Å². The van der Waals surface area contributed by atoms with E-state index in [-0.39, 0.29) is 12.5 Å². The molecular formula is C7H17NO2. The van der Waals surface area contributed by atoms with Crippen molar-refractivity contribution in [3.05, 3.63) is 0 Å². The lowest BCUT2D eigenvalue weighted by Crippen LogP contribution is -2.32. The lowest BCUT2D eigenvalue weighted by molar-refractivity contribution is 0.0808. The second-order valence-electron chi connectivity index (χ2n) is 2.49. The molecule has 0 heterocycles. The molecule has 0 saturated heterocycles. The molecule has 10 heavy (non-hydrogen) atoms. The molecule has 0 aliphatic heterocycles. The number of rotatable bonds is 5. The van der Waals surface area contributed by atoms with Crippen LogP contribution in [0.2, 0.25) is 0 Å². The van der Waals surface area contributed by atoms with E-state index in [1.165, 1.54) is 0 Å². The van der Waals surface area contributed by atoms with Gasteiger partial charge < -0.3 is 15.5 Å². The molecule has 0 aliphatic carbocycles. The standard InChI is InChI=1S/C7H17NO2/c1-3-8-4-7(5-9)6(2)10/h6-10H,3-5H2,1-2H3. The average Bonchev–Trinajstić information content (AvgIpc) is 1.89. The van der Waals surface area contributed by atoms with E-state index < -0.39 is 6.10 Å². The molecule has 3 N–H and O–H groups in total. The molecule has 0 aromatic carbocycles. The molecule has 0 bridgehead atoms. The van der Waals surface area contributed by atoms with Gasteiger partial charge in [0.2, 0.25) is 0 Å². The first-order valence-electron chi connectivity index (χ1n) is 3.72. The Morgan fingerprint density at radius 1 is 1.50 bits per heavy atom. The molecule has 0 aromatic heterocycles. The van der Waals surface area contributed by atoms with Crippen LogP contribution < -0.4 is 5.32 Å². The number of aliphatic hydroxyl groups excluding tert-OH is 2. The lowest BCUT2D eigenvalue weighted by atomic mass is 10.1. The highest BCUT2D eigenvalue weighted by molar-refractivity contribution is 4.65. The Morgan fingerprint density at radius 3 is 2.40 bits per heavy atom. The molecule has 3 heteroatoms. The molecule has 0 aliphatic rings. The molecule has 0 aromatic rings. The summed E-state index contributed by atoms with van der Waals surface area (Å²) in [5, 5.41) is 20.8. The highest BCUT2D eigenvalue weighted by atomic mass is 16.3. The Labute approximate surface area is 62.1 Å². The van der Waals surface area contributed by atoms with Crippen LogP contribution in [-0.2, 0) is 0 Å². The van der Waals surface area contributed by atoms with Crippen molar-refractivity contribution in [2.24, 2.45) is 5.92 Å². The van der Waals surface area contributed by atoms with Gasteiger partial charge in [0.1, 0.15) is 0 Å². The highest BCUT2D eigenvalue weighted by Crippen LogP contribution is 1.99. The fourth-order valence-electron chi connectivity index (χ4n) is 0.717. The predicted octanol–water partition coefficient (Wildman–Crippen LogP) is -0.415. The maximum absolute atomic E-state index is 9.04. The molecule has 0 saturated carbocycles. The third kappa shape index (κ3) is 3.82. The van der Waals surface area contributed by atoms with Crippen LogP contribution in [0.25, 0.3) is 0 Å². The quantitative estimate of drug-likeness (QED) is 0.495. The topological polar surface area (TPSA) is 52.5 Å². The van der Waals surface area contributed by atoms with Crippen LogP contribution in [0.15, 0.2) is 0 Å². The molecule has 2 unspecified atom stereocenters. The fraction of sp³-hybridized carbons (Fsp3) is 1.00. The van der Waals surface area contributed by atoms with Gasteiger partial charge in [-0.25, -0.2) is 0 Å². The summed E-state index contributed by atoms with van der Waals surface area (Å²) in [5.74, 6) is -0.0278. The zero-order valence-electron chi connectivity index (χ0n) is 6.67. The maximum atomic E-state index is 9.04. The van der Waals surface area contributed by atoms with E-state index in [1.807, 2.05) is 6.92 Å². The van der Waals surface area contributed by atoms with Gasteiger partial charge in [0.05, 0.1) is 6.10 Å². The summed E-state index contributed by atoms with van der Waals surface area (Å²) < 4.78 is 0. The summed E-state index contributed by atoms with van der Waals surface area (Å²) in [4.78, 5) is 0. The minimum Gasteiger partial charge on any atom is -0.396 e. The molecule has 0 amide bonds. The molecule has 2 atom stereocenters. The minimum atomic E-state index is -0.427. The van der Waals surface area contributed by atoms with Crippen LogP contribution in [0, 0.1) is 5.92 Å². The Kier molecular flexibility index (Phi) is 5.58. The van der Waals surface area contributed by atoms with Crippen LogP contribution in [0.4, 0.5) is 0 Å². The van der Waals surface area contributed by atoms with Gasteiger partial charge in [-0.1, -0.05) is 6.92 Å². The van der Waals surface area contributed by atoms with Crippen molar-refractivity contribution in [2.45, 2.75) is 20.0 Å². The first-order chi connectivity index (χ1) is 4.72. The van der Waals surface area contributed by atoms with Crippen molar-refractivity contribution in [1.29, 1.82) is 0 Å². The van der Waals surface area contributed by atoms with Gasteiger partial charge in [0.25, 0.3) is 0 Å². The summed E-state index contributed by atoms with van der Waals surface area (Å²) in [6.07, 6.45) is -0.427. The van der Waals surface area contributed by atoms with E-state index in [0.29, 0.717) is 6.54 Å². The Hall–Kier alpha value is -0.120. The lowest BCUT2D eigenvalue weighted by Gasteiger charge is -2.16. The van der Waals surface area contributed by atoms with E-state index in [0.717, 1.165) is 6.54 Å². The molecule has 0 rings (SSSR count). The number of aliphatic hydroxyl groups is 2. The molecular weight excluding hydrogens is 130 g/mol. The van der Waals surface area contributed by atoms with E-state index >= 15 is 0 Å². The largest absolute Gasteiger partial charge is 0.396 e. The van der Waals surface area contributed by atoms with Gasteiger partial charge in [-0.05, 0) is 13.5 Å². The van der Waals surface area contributed by atoms with E-state index in [2.05, 4.69) is 5.32 Å². The second-order valence-corrected chi connectivity index (χ2v) is 2.49. The second kappa shape index (κ2) is 5.65. The van der Waals surface area contributed by atoms with Gasteiger partial charge in [0, 0.05) is 19.1 Å². The minimum absolute atomic E-state index is 0.0278.